The van der Waals surface area contributed by atoms with Crippen LogP contribution in [0.25, 0.3) is 0 Å². The molecule has 1 aliphatic rings. The zero-order valence-corrected chi connectivity index (χ0v) is 10.5. The first kappa shape index (κ1) is 12.1. The molecule has 2 rings (SSSR count). The van der Waals surface area contributed by atoms with Crippen molar-refractivity contribution in [3.63, 3.8) is 0 Å². The minimum absolute atomic E-state index is 0.350. The van der Waals surface area contributed by atoms with Crippen molar-refractivity contribution in [1.82, 2.24) is 9.97 Å². The summed E-state index contributed by atoms with van der Waals surface area (Å²) in [5.41, 5.74) is 0. The maximum absolute atomic E-state index is 5.66. The number of hydrogen-bond donors (Lipinski definition) is 1. The topological polar surface area (TPSA) is 50.3 Å². The van der Waals surface area contributed by atoms with Gasteiger partial charge in [0.05, 0.1) is 6.10 Å². The van der Waals surface area contributed by atoms with E-state index in [0.717, 1.165) is 37.8 Å². The molecule has 1 saturated heterocycles. The van der Waals surface area contributed by atoms with Gasteiger partial charge in [0, 0.05) is 32.8 Å². The van der Waals surface area contributed by atoms with Gasteiger partial charge >= 0.3 is 0 Å². The van der Waals surface area contributed by atoms with Gasteiger partial charge in [-0.2, -0.15) is 0 Å². The van der Waals surface area contributed by atoms with Gasteiger partial charge in [-0.05, 0) is 19.8 Å². The summed E-state index contributed by atoms with van der Waals surface area (Å²) in [5.74, 6) is 1.81. The first-order valence-electron chi connectivity index (χ1n) is 6.20. The molecule has 1 aliphatic heterocycles. The highest BCUT2D eigenvalue weighted by atomic mass is 16.5. The lowest BCUT2D eigenvalue weighted by Gasteiger charge is -2.25. The predicted octanol–water partition coefficient (Wildman–Crippen LogP) is 1.52. The number of aromatic nitrogens is 2. The fourth-order valence-corrected chi connectivity index (χ4v) is 2.08. The van der Waals surface area contributed by atoms with Crippen LogP contribution < -0.4 is 10.2 Å². The first-order chi connectivity index (χ1) is 8.33. The van der Waals surface area contributed by atoms with Crippen LogP contribution in [-0.4, -0.2) is 42.8 Å². The Morgan fingerprint density at radius 2 is 2.41 bits per heavy atom. The standard InChI is InChI=1S/C12H20N4O/c1-3-16(8-10-5-4-6-17-10)12-7-11(13-2)14-9-15-12/h7,9-10H,3-6,8H2,1-2H3,(H,13,14,15). The van der Waals surface area contributed by atoms with Crippen molar-refractivity contribution < 1.29 is 4.74 Å². The molecule has 5 nitrogen and oxygen atoms in total. The van der Waals surface area contributed by atoms with Crippen molar-refractivity contribution >= 4 is 11.6 Å². The highest BCUT2D eigenvalue weighted by Crippen LogP contribution is 2.18. The summed E-state index contributed by atoms with van der Waals surface area (Å²) in [6.07, 6.45) is 4.27. The molecule has 1 N–H and O–H groups in total. The van der Waals surface area contributed by atoms with Crippen LogP contribution in [0.15, 0.2) is 12.4 Å². The monoisotopic (exact) mass is 236 g/mol. The summed E-state index contributed by atoms with van der Waals surface area (Å²) in [4.78, 5) is 10.7. The number of hydrogen-bond acceptors (Lipinski definition) is 5. The van der Waals surface area contributed by atoms with Crippen LogP contribution in [0, 0.1) is 0 Å². The van der Waals surface area contributed by atoms with E-state index in [1.54, 1.807) is 6.33 Å². The van der Waals surface area contributed by atoms with Gasteiger partial charge in [0.25, 0.3) is 0 Å². The molecule has 94 valence electrons. The molecule has 1 aromatic rings. The molecule has 0 radical (unpaired) electrons. The summed E-state index contributed by atoms with van der Waals surface area (Å²) < 4.78 is 5.66. The molecule has 1 aromatic heterocycles. The fourth-order valence-electron chi connectivity index (χ4n) is 2.08. The lowest BCUT2D eigenvalue weighted by molar-refractivity contribution is 0.115. The maximum atomic E-state index is 5.66. The minimum atomic E-state index is 0.350. The van der Waals surface area contributed by atoms with Crippen molar-refractivity contribution in [3.05, 3.63) is 12.4 Å². The Morgan fingerprint density at radius 1 is 1.53 bits per heavy atom. The molecule has 0 aliphatic carbocycles. The average Bonchev–Trinajstić information content (AvgIpc) is 2.89. The van der Waals surface area contributed by atoms with Crippen LogP contribution in [0.4, 0.5) is 11.6 Å². The van der Waals surface area contributed by atoms with E-state index < -0.39 is 0 Å². The van der Waals surface area contributed by atoms with Gasteiger partial charge in [0.15, 0.2) is 0 Å². The number of rotatable bonds is 5. The van der Waals surface area contributed by atoms with Crippen LogP contribution in [0.1, 0.15) is 19.8 Å². The molecule has 1 fully saturated rings. The second kappa shape index (κ2) is 5.82. The fraction of sp³-hybridized carbons (Fsp3) is 0.667. The van der Waals surface area contributed by atoms with Crippen molar-refractivity contribution in [2.45, 2.75) is 25.9 Å². The minimum Gasteiger partial charge on any atom is -0.376 e. The number of anilines is 2. The molecular weight excluding hydrogens is 216 g/mol. The quantitative estimate of drug-likeness (QED) is 0.840. The van der Waals surface area contributed by atoms with E-state index in [1.165, 1.54) is 6.42 Å². The lowest BCUT2D eigenvalue weighted by Crippen LogP contribution is -2.32. The van der Waals surface area contributed by atoms with Gasteiger partial charge < -0.3 is 15.0 Å². The third kappa shape index (κ3) is 3.06. The summed E-state index contributed by atoms with van der Waals surface area (Å²) in [6.45, 7) is 4.88. The van der Waals surface area contributed by atoms with Crippen LogP contribution in [0.5, 0.6) is 0 Å². The van der Waals surface area contributed by atoms with Crippen LogP contribution in [0.3, 0.4) is 0 Å². The molecule has 5 heteroatoms. The Balaban J connectivity index is 2.04. The molecule has 2 heterocycles. The van der Waals surface area contributed by atoms with Gasteiger partial charge in [0.1, 0.15) is 18.0 Å². The Hall–Kier alpha value is -1.36. The Bertz CT molecular complexity index is 352. The molecule has 1 unspecified atom stereocenters. The molecule has 1 atom stereocenters. The van der Waals surface area contributed by atoms with Gasteiger partial charge in [-0.15, -0.1) is 0 Å². The molecule has 0 aromatic carbocycles. The van der Waals surface area contributed by atoms with Crippen molar-refractivity contribution in [1.29, 1.82) is 0 Å². The number of nitrogens with zero attached hydrogens (tertiary/aromatic N) is 3. The zero-order valence-electron chi connectivity index (χ0n) is 10.5. The summed E-state index contributed by atoms with van der Waals surface area (Å²) >= 11 is 0. The highest BCUT2D eigenvalue weighted by molar-refractivity contribution is 5.48. The Labute approximate surface area is 102 Å². The predicted molar refractivity (Wildman–Crippen MR) is 68.4 cm³/mol. The molecule has 0 saturated carbocycles. The second-order valence-corrected chi connectivity index (χ2v) is 4.19. The molecule has 0 amide bonds. The average molecular weight is 236 g/mol. The highest BCUT2D eigenvalue weighted by Gasteiger charge is 2.19. The smallest absolute Gasteiger partial charge is 0.134 e. The molecule has 17 heavy (non-hydrogen) atoms. The Morgan fingerprint density at radius 3 is 3.06 bits per heavy atom. The van der Waals surface area contributed by atoms with E-state index in [1.807, 2.05) is 13.1 Å². The summed E-state index contributed by atoms with van der Waals surface area (Å²) in [7, 11) is 1.86. The third-order valence-electron chi connectivity index (χ3n) is 3.06. The molecular formula is C12H20N4O. The van der Waals surface area contributed by atoms with Gasteiger partial charge in [0.2, 0.25) is 0 Å². The van der Waals surface area contributed by atoms with Crippen LogP contribution in [-0.2, 0) is 4.74 Å². The Kier molecular flexibility index (Phi) is 4.14. The second-order valence-electron chi connectivity index (χ2n) is 4.19. The third-order valence-corrected chi connectivity index (χ3v) is 3.06. The SMILES string of the molecule is CCN(CC1CCCO1)c1cc(NC)ncn1. The van der Waals surface area contributed by atoms with Crippen LogP contribution >= 0.6 is 0 Å². The lowest BCUT2D eigenvalue weighted by atomic mass is 10.2. The van der Waals surface area contributed by atoms with E-state index in [0.29, 0.717) is 6.10 Å². The van der Waals surface area contributed by atoms with E-state index in [4.69, 9.17) is 4.74 Å². The van der Waals surface area contributed by atoms with Crippen molar-refractivity contribution in [3.8, 4) is 0 Å². The van der Waals surface area contributed by atoms with Crippen molar-refractivity contribution in [2.75, 3.05) is 37.0 Å². The van der Waals surface area contributed by atoms with E-state index in [-0.39, 0.29) is 0 Å². The summed E-state index contributed by atoms with van der Waals surface area (Å²) in [6, 6.07) is 1.97. The number of ether oxygens (including phenoxy) is 1. The normalized spacial score (nSPS) is 19.3. The van der Waals surface area contributed by atoms with Gasteiger partial charge in [-0.3, -0.25) is 0 Å². The number of nitrogens with one attached hydrogen (secondary N) is 1. The largest absolute Gasteiger partial charge is 0.376 e. The number of likely N-dealkylation sites (N-methyl/N-ethyl adjacent to an activating group) is 1. The maximum Gasteiger partial charge on any atom is 0.134 e. The van der Waals surface area contributed by atoms with E-state index in [9.17, 15) is 0 Å². The zero-order chi connectivity index (χ0) is 12.1. The van der Waals surface area contributed by atoms with Gasteiger partial charge in [-0.1, -0.05) is 0 Å². The van der Waals surface area contributed by atoms with Crippen LogP contribution in [0.2, 0.25) is 0 Å². The van der Waals surface area contributed by atoms with E-state index >= 15 is 0 Å². The molecule has 0 spiro atoms. The van der Waals surface area contributed by atoms with Gasteiger partial charge in [-0.25, -0.2) is 9.97 Å². The molecule has 0 bridgehead atoms. The van der Waals surface area contributed by atoms with E-state index in [2.05, 4.69) is 27.1 Å². The first-order valence-corrected chi connectivity index (χ1v) is 6.20. The summed E-state index contributed by atoms with van der Waals surface area (Å²) in [5, 5.41) is 3.03. The van der Waals surface area contributed by atoms with Crippen molar-refractivity contribution in [2.24, 2.45) is 0 Å².